The first kappa shape index (κ1) is 17.8. The van der Waals surface area contributed by atoms with Crippen LogP contribution < -0.4 is 5.32 Å². The predicted octanol–water partition coefficient (Wildman–Crippen LogP) is 1.68. The number of amides is 2. The largest absolute Gasteiger partial charge is 0.481 e. The molecule has 6 nitrogen and oxygen atoms in total. The van der Waals surface area contributed by atoms with Crippen molar-refractivity contribution >= 4 is 12.0 Å². The summed E-state index contributed by atoms with van der Waals surface area (Å²) in [6.45, 7) is 5.24. The van der Waals surface area contributed by atoms with Crippen LogP contribution in [0, 0.1) is 11.8 Å². The molecule has 1 saturated heterocycles. The highest BCUT2D eigenvalue weighted by atomic mass is 16.4. The summed E-state index contributed by atoms with van der Waals surface area (Å²) >= 11 is 0. The van der Waals surface area contributed by atoms with Gasteiger partial charge >= 0.3 is 12.0 Å². The van der Waals surface area contributed by atoms with Crippen molar-refractivity contribution in [2.24, 2.45) is 11.8 Å². The van der Waals surface area contributed by atoms with Gasteiger partial charge in [0.25, 0.3) is 0 Å². The molecule has 0 radical (unpaired) electrons. The van der Waals surface area contributed by atoms with Gasteiger partial charge in [-0.15, -0.1) is 0 Å². The number of aliphatic carboxylic acids is 1. The van der Waals surface area contributed by atoms with Crippen molar-refractivity contribution in [1.29, 1.82) is 0 Å². The van der Waals surface area contributed by atoms with Gasteiger partial charge in [-0.05, 0) is 38.5 Å². The van der Waals surface area contributed by atoms with Crippen molar-refractivity contribution < 1.29 is 19.8 Å². The zero-order valence-corrected chi connectivity index (χ0v) is 13.0. The number of carbonyl (C=O) groups is 2. The van der Waals surface area contributed by atoms with Crippen LogP contribution in [0.4, 0.5) is 4.79 Å². The van der Waals surface area contributed by atoms with Crippen LogP contribution in [0.15, 0.2) is 0 Å². The number of aliphatic hydroxyl groups excluding tert-OH is 1. The molecule has 21 heavy (non-hydrogen) atoms. The minimum atomic E-state index is -0.765. The SMILES string of the molecule is CC(CCCC(C)C(=O)O)NC(=O)N1CCC(CO)CC1. The number of nitrogens with zero attached hydrogens (tertiary/aromatic N) is 1. The normalized spacial score (nSPS) is 19.1. The molecule has 0 bridgehead atoms. The second kappa shape index (κ2) is 8.87. The van der Waals surface area contributed by atoms with Crippen LogP contribution in [0.2, 0.25) is 0 Å². The Morgan fingerprint density at radius 2 is 1.86 bits per heavy atom. The third-order valence-electron chi connectivity index (χ3n) is 4.23. The molecule has 2 unspecified atom stereocenters. The summed E-state index contributed by atoms with van der Waals surface area (Å²) in [6, 6.07) is -0.000710. The quantitative estimate of drug-likeness (QED) is 0.667. The number of carbonyl (C=O) groups excluding carboxylic acids is 1. The molecule has 1 heterocycles. The van der Waals surface area contributed by atoms with Gasteiger partial charge < -0.3 is 20.4 Å². The standard InChI is InChI=1S/C15H28N2O4/c1-11(14(19)20)4-3-5-12(2)16-15(21)17-8-6-13(10-18)7-9-17/h11-13,18H,3-10H2,1-2H3,(H,16,21)(H,19,20). The van der Waals surface area contributed by atoms with Gasteiger partial charge in [0, 0.05) is 25.7 Å². The van der Waals surface area contributed by atoms with Crippen LogP contribution in [0.25, 0.3) is 0 Å². The molecule has 3 N–H and O–H groups in total. The van der Waals surface area contributed by atoms with Crippen LogP contribution >= 0.6 is 0 Å². The topological polar surface area (TPSA) is 89.9 Å². The number of hydrogen-bond acceptors (Lipinski definition) is 3. The van der Waals surface area contributed by atoms with Gasteiger partial charge in [0.15, 0.2) is 0 Å². The summed E-state index contributed by atoms with van der Waals surface area (Å²) in [5, 5.41) is 20.9. The number of urea groups is 1. The number of piperidine rings is 1. The van der Waals surface area contributed by atoms with E-state index in [-0.39, 0.29) is 24.6 Å². The van der Waals surface area contributed by atoms with Crippen LogP contribution in [0.5, 0.6) is 0 Å². The van der Waals surface area contributed by atoms with E-state index in [1.165, 1.54) is 0 Å². The number of aliphatic hydroxyl groups is 1. The lowest BCUT2D eigenvalue weighted by Gasteiger charge is -2.32. The summed E-state index contributed by atoms with van der Waals surface area (Å²) in [7, 11) is 0. The van der Waals surface area contributed by atoms with Crippen LogP contribution in [-0.4, -0.2) is 52.9 Å². The summed E-state index contributed by atoms with van der Waals surface area (Å²) < 4.78 is 0. The van der Waals surface area contributed by atoms with Gasteiger partial charge in [0.2, 0.25) is 0 Å². The Labute approximate surface area is 126 Å². The van der Waals surface area contributed by atoms with Gasteiger partial charge in [-0.25, -0.2) is 4.79 Å². The number of likely N-dealkylation sites (tertiary alicyclic amines) is 1. The van der Waals surface area contributed by atoms with E-state index in [9.17, 15) is 9.59 Å². The molecule has 0 spiro atoms. The summed E-state index contributed by atoms with van der Waals surface area (Å²) in [6.07, 6.45) is 3.93. The highest BCUT2D eigenvalue weighted by Crippen LogP contribution is 2.16. The molecule has 1 aliphatic heterocycles. The molecule has 2 amide bonds. The average molecular weight is 300 g/mol. The molecular formula is C15H28N2O4. The van der Waals surface area contributed by atoms with Gasteiger partial charge in [-0.3, -0.25) is 4.79 Å². The van der Waals surface area contributed by atoms with E-state index in [1.807, 2.05) is 6.92 Å². The smallest absolute Gasteiger partial charge is 0.317 e. The fourth-order valence-corrected chi connectivity index (χ4v) is 2.55. The minimum Gasteiger partial charge on any atom is -0.481 e. The molecule has 6 heteroatoms. The Morgan fingerprint density at radius 1 is 1.24 bits per heavy atom. The number of carboxylic acids is 1. The fraction of sp³-hybridized carbons (Fsp3) is 0.867. The lowest BCUT2D eigenvalue weighted by molar-refractivity contribution is -0.141. The molecule has 2 atom stereocenters. The molecule has 0 aliphatic carbocycles. The first-order valence-electron chi connectivity index (χ1n) is 7.83. The highest BCUT2D eigenvalue weighted by molar-refractivity contribution is 5.74. The fourth-order valence-electron chi connectivity index (χ4n) is 2.55. The Kier molecular flexibility index (Phi) is 7.50. The predicted molar refractivity (Wildman–Crippen MR) is 80.0 cm³/mol. The number of carboxylic acid groups (broad SMARTS) is 1. The van der Waals surface area contributed by atoms with E-state index in [2.05, 4.69) is 5.32 Å². The van der Waals surface area contributed by atoms with Crippen LogP contribution in [-0.2, 0) is 4.79 Å². The first-order chi connectivity index (χ1) is 9.93. The van der Waals surface area contributed by atoms with E-state index < -0.39 is 5.97 Å². The lowest BCUT2D eigenvalue weighted by atomic mass is 9.98. The zero-order valence-electron chi connectivity index (χ0n) is 13.0. The number of rotatable bonds is 7. The average Bonchev–Trinajstić information content (AvgIpc) is 2.46. The summed E-state index contributed by atoms with van der Waals surface area (Å²) in [5.41, 5.74) is 0. The highest BCUT2D eigenvalue weighted by Gasteiger charge is 2.23. The van der Waals surface area contributed by atoms with E-state index in [0.29, 0.717) is 25.4 Å². The van der Waals surface area contributed by atoms with Crippen molar-refractivity contribution in [2.75, 3.05) is 19.7 Å². The van der Waals surface area contributed by atoms with Crippen molar-refractivity contribution in [3.05, 3.63) is 0 Å². The second-order valence-corrected chi connectivity index (χ2v) is 6.13. The van der Waals surface area contributed by atoms with Crippen molar-refractivity contribution in [3.8, 4) is 0 Å². The Balaban J connectivity index is 2.20. The minimum absolute atomic E-state index is 0.0501. The maximum absolute atomic E-state index is 12.1. The van der Waals surface area contributed by atoms with Crippen LogP contribution in [0.1, 0.15) is 46.0 Å². The molecule has 0 saturated carbocycles. The molecule has 0 aromatic carbocycles. The lowest BCUT2D eigenvalue weighted by Crippen LogP contribution is -2.47. The Bertz CT molecular complexity index is 341. The van der Waals surface area contributed by atoms with Crippen LogP contribution in [0.3, 0.4) is 0 Å². The number of nitrogens with one attached hydrogen (secondary N) is 1. The monoisotopic (exact) mass is 300 g/mol. The maximum Gasteiger partial charge on any atom is 0.317 e. The van der Waals surface area contributed by atoms with Gasteiger partial charge in [-0.2, -0.15) is 0 Å². The van der Waals surface area contributed by atoms with Crippen molar-refractivity contribution in [1.82, 2.24) is 10.2 Å². The molecule has 0 aromatic rings. The van der Waals surface area contributed by atoms with E-state index in [0.717, 1.165) is 25.7 Å². The molecule has 0 aromatic heterocycles. The molecule has 1 aliphatic rings. The maximum atomic E-state index is 12.1. The molecule has 122 valence electrons. The summed E-state index contributed by atoms with van der Waals surface area (Å²) in [4.78, 5) is 24.6. The Morgan fingerprint density at radius 3 is 2.38 bits per heavy atom. The molecule has 1 rings (SSSR count). The summed E-state index contributed by atoms with van der Waals surface area (Å²) in [5.74, 6) is -0.771. The second-order valence-electron chi connectivity index (χ2n) is 6.13. The Hall–Kier alpha value is -1.30. The zero-order chi connectivity index (χ0) is 15.8. The van der Waals surface area contributed by atoms with E-state index in [1.54, 1.807) is 11.8 Å². The van der Waals surface area contributed by atoms with Gasteiger partial charge in [0.05, 0.1) is 5.92 Å². The van der Waals surface area contributed by atoms with E-state index in [4.69, 9.17) is 10.2 Å². The molecule has 1 fully saturated rings. The van der Waals surface area contributed by atoms with Crippen molar-refractivity contribution in [3.63, 3.8) is 0 Å². The number of hydrogen-bond donors (Lipinski definition) is 3. The van der Waals surface area contributed by atoms with Gasteiger partial charge in [-0.1, -0.05) is 13.3 Å². The van der Waals surface area contributed by atoms with E-state index >= 15 is 0 Å². The third-order valence-corrected chi connectivity index (χ3v) is 4.23. The van der Waals surface area contributed by atoms with Gasteiger partial charge in [0.1, 0.15) is 0 Å². The first-order valence-corrected chi connectivity index (χ1v) is 7.83. The van der Waals surface area contributed by atoms with Crippen molar-refractivity contribution in [2.45, 2.75) is 52.0 Å². The molecular weight excluding hydrogens is 272 g/mol. The third kappa shape index (κ3) is 6.33.